The average molecular weight is 290 g/mol. The van der Waals surface area contributed by atoms with Crippen LogP contribution in [0.3, 0.4) is 0 Å². The summed E-state index contributed by atoms with van der Waals surface area (Å²) in [4.78, 5) is 10.6. The molecule has 0 bridgehead atoms. The minimum atomic E-state index is -3.40. The van der Waals surface area contributed by atoms with E-state index in [-0.39, 0.29) is 18.6 Å². The Morgan fingerprint density at radius 3 is 2.39 bits per heavy atom. The van der Waals surface area contributed by atoms with Crippen LogP contribution >= 0.6 is 11.6 Å². The van der Waals surface area contributed by atoms with Gasteiger partial charge in [-0.3, -0.25) is 9.10 Å². The van der Waals surface area contributed by atoms with E-state index in [1.54, 1.807) is 31.2 Å². The first-order chi connectivity index (χ1) is 8.47. The Morgan fingerprint density at radius 1 is 1.28 bits per heavy atom. The quantitative estimate of drug-likeness (QED) is 0.724. The Hall–Kier alpha value is -1.07. The van der Waals surface area contributed by atoms with Gasteiger partial charge in [-0.15, -0.1) is 0 Å². The number of nitrogens with zero attached hydrogens (tertiary/aromatic N) is 1. The standard InChI is InChI=1S/C12H16ClNO3S/c1-2-14(11-7-4-3-5-8-11)18(16,17)10-6-9-12(13)15/h3-5,7-8H,2,6,9-10H2,1H3. The molecule has 0 aromatic heterocycles. The van der Waals surface area contributed by atoms with Crippen LogP contribution in [0.2, 0.25) is 0 Å². The Morgan fingerprint density at radius 2 is 1.89 bits per heavy atom. The first-order valence-electron chi connectivity index (χ1n) is 5.71. The maximum atomic E-state index is 12.1. The molecule has 0 amide bonds. The zero-order chi connectivity index (χ0) is 13.6. The number of anilines is 1. The van der Waals surface area contributed by atoms with Crippen molar-refractivity contribution < 1.29 is 13.2 Å². The molecule has 0 saturated heterocycles. The van der Waals surface area contributed by atoms with Crippen LogP contribution in [0, 0.1) is 0 Å². The Bertz CT molecular complexity index is 487. The summed E-state index contributed by atoms with van der Waals surface area (Å²) in [6.07, 6.45) is 0.321. The minimum Gasteiger partial charge on any atom is -0.281 e. The van der Waals surface area contributed by atoms with Crippen LogP contribution in [0.15, 0.2) is 30.3 Å². The number of carbonyl (C=O) groups excluding carboxylic acids is 1. The Labute approximate surface area is 113 Å². The third kappa shape index (κ3) is 4.31. The van der Waals surface area contributed by atoms with Crippen molar-refractivity contribution in [3.63, 3.8) is 0 Å². The molecule has 4 nitrogen and oxygen atoms in total. The van der Waals surface area contributed by atoms with Crippen molar-refractivity contribution in [1.29, 1.82) is 0 Å². The highest BCUT2D eigenvalue weighted by atomic mass is 35.5. The van der Waals surface area contributed by atoms with E-state index in [2.05, 4.69) is 0 Å². The van der Waals surface area contributed by atoms with Crippen LogP contribution in [-0.4, -0.2) is 26.0 Å². The fourth-order valence-corrected chi connectivity index (χ4v) is 3.34. The molecule has 18 heavy (non-hydrogen) atoms. The number of sulfonamides is 1. The monoisotopic (exact) mass is 289 g/mol. The van der Waals surface area contributed by atoms with E-state index in [4.69, 9.17) is 11.6 Å². The van der Waals surface area contributed by atoms with Crippen LogP contribution in [-0.2, 0) is 14.8 Å². The molecule has 0 aliphatic rings. The number of benzene rings is 1. The van der Waals surface area contributed by atoms with Crippen molar-refractivity contribution in [2.45, 2.75) is 19.8 Å². The number of carbonyl (C=O) groups is 1. The zero-order valence-electron chi connectivity index (χ0n) is 10.2. The largest absolute Gasteiger partial charge is 0.281 e. The van der Waals surface area contributed by atoms with Gasteiger partial charge >= 0.3 is 0 Å². The van der Waals surface area contributed by atoms with E-state index in [1.807, 2.05) is 6.07 Å². The Balaban J connectivity index is 2.78. The minimum absolute atomic E-state index is 0.0752. The van der Waals surface area contributed by atoms with E-state index >= 15 is 0 Å². The maximum absolute atomic E-state index is 12.1. The van der Waals surface area contributed by atoms with Crippen LogP contribution in [0.5, 0.6) is 0 Å². The van der Waals surface area contributed by atoms with Gasteiger partial charge in [-0.2, -0.15) is 0 Å². The number of hydrogen-bond acceptors (Lipinski definition) is 3. The molecule has 0 radical (unpaired) electrons. The lowest BCUT2D eigenvalue weighted by molar-refractivity contribution is -0.111. The van der Waals surface area contributed by atoms with Crippen LogP contribution in [0.1, 0.15) is 19.8 Å². The summed E-state index contributed by atoms with van der Waals surface area (Å²) < 4.78 is 25.6. The zero-order valence-corrected chi connectivity index (χ0v) is 11.7. The summed E-state index contributed by atoms with van der Waals surface area (Å²) in [6, 6.07) is 8.89. The second-order valence-electron chi connectivity index (χ2n) is 3.77. The molecule has 0 heterocycles. The van der Waals surface area contributed by atoms with Crippen molar-refractivity contribution in [2.75, 3.05) is 16.6 Å². The van der Waals surface area contributed by atoms with Crippen molar-refractivity contribution in [1.82, 2.24) is 0 Å². The molecule has 0 N–H and O–H groups in total. The summed E-state index contributed by atoms with van der Waals surface area (Å²) in [7, 11) is -3.40. The van der Waals surface area contributed by atoms with Gasteiger partial charge in [0, 0.05) is 13.0 Å². The molecular weight excluding hydrogens is 274 g/mol. The average Bonchev–Trinajstić information content (AvgIpc) is 2.30. The van der Waals surface area contributed by atoms with Crippen molar-refractivity contribution in [2.24, 2.45) is 0 Å². The van der Waals surface area contributed by atoms with Gasteiger partial charge in [-0.25, -0.2) is 8.42 Å². The van der Waals surface area contributed by atoms with E-state index in [1.165, 1.54) is 4.31 Å². The number of rotatable bonds is 7. The first kappa shape index (κ1) is 15.0. The van der Waals surface area contributed by atoms with E-state index in [0.29, 0.717) is 12.2 Å². The molecule has 0 spiro atoms. The topological polar surface area (TPSA) is 54.5 Å². The molecule has 1 aromatic rings. The van der Waals surface area contributed by atoms with Gasteiger partial charge in [0.2, 0.25) is 15.3 Å². The molecule has 0 aliphatic carbocycles. The van der Waals surface area contributed by atoms with Gasteiger partial charge in [-0.05, 0) is 37.1 Å². The second-order valence-corrected chi connectivity index (χ2v) is 6.21. The smallest absolute Gasteiger partial charge is 0.235 e. The lowest BCUT2D eigenvalue weighted by atomic mass is 10.3. The van der Waals surface area contributed by atoms with Gasteiger partial charge in [0.15, 0.2) is 0 Å². The van der Waals surface area contributed by atoms with Gasteiger partial charge < -0.3 is 0 Å². The summed E-state index contributed by atoms with van der Waals surface area (Å²) in [5, 5.41) is -0.507. The number of para-hydroxylation sites is 1. The lowest BCUT2D eigenvalue weighted by Crippen LogP contribution is -2.32. The van der Waals surface area contributed by atoms with Crippen LogP contribution < -0.4 is 4.31 Å². The van der Waals surface area contributed by atoms with Gasteiger partial charge in [-0.1, -0.05) is 18.2 Å². The molecular formula is C12H16ClNO3S. The highest BCUT2D eigenvalue weighted by Gasteiger charge is 2.20. The van der Waals surface area contributed by atoms with Crippen molar-refractivity contribution >= 4 is 32.6 Å². The van der Waals surface area contributed by atoms with Crippen molar-refractivity contribution in [3.05, 3.63) is 30.3 Å². The number of hydrogen-bond donors (Lipinski definition) is 0. The molecule has 100 valence electrons. The molecule has 1 rings (SSSR count). The molecule has 1 aromatic carbocycles. The number of halogens is 1. The van der Waals surface area contributed by atoms with Gasteiger partial charge in [0.05, 0.1) is 11.4 Å². The van der Waals surface area contributed by atoms with Crippen LogP contribution in [0.25, 0.3) is 0 Å². The fraction of sp³-hybridized carbons (Fsp3) is 0.417. The summed E-state index contributed by atoms with van der Waals surface area (Å²) in [5.74, 6) is -0.0752. The highest BCUT2D eigenvalue weighted by molar-refractivity contribution is 7.92. The molecule has 0 saturated carbocycles. The molecule has 0 aliphatic heterocycles. The lowest BCUT2D eigenvalue weighted by Gasteiger charge is -2.22. The fourth-order valence-electron chi connectivity index (χ4n) is 1.64. The Kier molecular flexibility index (Phi) is 5.62. The predicted molar refractivity (Wildman–Crippen MR) is 73.3 cm³/mol. The predicted octanol–water partition coefficient (Wildman–Crippen LogP) is 2.39. The third-order valence-corrected chi connectivity index (χ3v) is 4.58. The van der Waals surface area contributed by atoms with Gasteiger partial charge in [0.1, 0.15) is 0 Å². The summed E-state index contributed by atoms with van der Waals surface area (Å²) in [5.41, 5.74) is 0.636. The van der Waals surface area contributed by atoms with E-state index in [0.717, 1.165) is 0 Å². The van der Waals surface area contributed by atoms with E-state index in [9.17, 15) is 13.2 Å². The van der Waals surface area contributed by atoms with Gasteiger partial charge in [0.25, 0.3) is 0 Å². The van der Waals surface area contributed by atoms with E-state index < -0.39 is 15.3 Å². The normalized spacial score (nSPS) is 11.2. The SMILES string of the molecule is CCN(c1ccccc1)S(=O)(=O)CCCC(=O)Cl. The van der Waals surface area contributed by atoms with Crippen molar-refractivity contribution in [3.8, 4) is 0 Å². The van der Waals surface area contributed by atoms with Crippen LogP contribution in [0.4, 0.5) is 5.69 Å². The molecule has 6 heteroatoms. The third-order valence-electron chi connectivity index (χ3n) is 2.44. The molecule has 0 fully saturated rings. The first-order valence-corrected chi connectivity index (χ1v) is 7.70. The second kappa shape index (κ2) is 6.75. The summed E-state index contributed by atoms with van der Waals surface area (Å²) >= 11 is 5.19. The maximum Gasteiger partial charge on any atom is 0.235 e. The molecule has 0 unspecified atom stereocenters. The summed E-state index contributed by atoms with van der Waals surface area (Å²) in [6.45, 7) is 2.14. The highest BCUT2D eigenvalue weighted by Crippen LogP contribution is 2.18. The molecule has 0 atom stereocenters.